The van der Waals surface area contributed by atoms with Crippen LogP contribution in [0.25, 0.3) is 22.2 Å². The fourth-order valence-corrected chi connectivity index (χ4v) is 4.59. The fraction of sp³-hybridized carbons (Fsp3) is 0.444. The van der Waals surface area contributed by atoms with E-state index in [0.717, 1.165) is 84.1 Å². The van der Waals surface area contributed by atoms with Crippen molar-refractivity contribution in [2.24, 2.45) is 0 Å². The third kappa shape index (κ3) is 4.58. The molecule has 0 N–H and O–H groups in total. The summed E-state index contributed by atoms with van der Waals surface area (Å²) < 4.78 is 23.0. The van der Waals surface area contributed by atoms with Crippen LogP contribution in [0.15, 0.2) is 30.3 Å². The Balaban J connectivity index is 1.70. The predicted octanol–water partition coefficient (Wildman–Crippen LogP) is 5.14. The quantitative estimate of drug-likeness (QED) is 0.399. The number of pyridine rings is 1. The number of hydrogen-bond acceptors (Lipinski definition) is 6. The molecule has 6 nitrogen and oxygen atoms in total. The highest BCUT2D eigenvalue weighted by molar-refractivity contribution is 5.91. The van der Waals surface area contributed by atoms with Crippen LogP contribution in [0.3, 0.4) is 0 Å². The molecule has 2 aromatic carbocycles. The van der Waals surface area contributed by atoms with Crippen LogP contribution in [0.1, 0.15) is 31.4 Å². The molecule has 0 amide bonds. The molecule has 4 rings (SSSR count). The molecule has 3 aromatic rings. The maximum Gasteiger partial charge on any atom is 0.170 e. The highest BCUT2D eigenvalue weighted by Crippen LogP contribution is 2.43. The summed E-state index contributed by atoms with van der Waals surface area (Å²) in [7, 11) is 5.02. The van der Waals surface area contributed by atoms with Gasteiger partial charge < -0.3 is 23.8 Å². The van der Waals surface area contributed by atoms with E-state index in [9.17, 15) is 0 Å². The smallest absolute Gasteiger partial charge is 0.170 e. The summed E-state index contributed by atoms with van der Waals surface area (Å²) in [5.41, 5.74) is 5.45. The monoisotopic (exact) mass is 450 g/mol. The molecule has 6 heteroatoms. The molecule has 0 spiro atoms. The van der Waals surface area contributed by atoms with E-state index in [1.807, 2.05) is 18.2 Å². The maximum absolute atomic E-state index is 6.28. The number of aryl methyl sites for hydroxylation is 2. The highest BCUT2D eigenvalue weighted by atomic mass is 16.5. The van der Waals surface area contributed by atoms with E-state index in [1.165, 1.54) is 11.1 Å². The van der Waals surface area contributed by atoms with Gasteiger partial charge in [0, 0.05) is 17.5 Å². The Hall–Kier alpha value is -2.99. The Morgan fingerprint density at radius 1 is 0.848 bits per heavy atom. The van der Waals surface area contributed by atoms with E-state index in [2.05, 4.69) is 30.9 Å². The van der Waals surface area contributed by atoms with Gasteiger partial charge in [-0.1, -0.05) is 13.8 Å². The highest BCUT2D eigenvalue weighted by Gasteiger charge is 2.23. The molecule has 1 aromatic heterocycles. The predicted molar refractivity (Wildman–Crippen MR) is 132 cm³/mol. The first-order valence-corrected chi connectivity index (χ1v) is 11.7. The topological polar surface area (TPSA) is 53.1 Å². The number of methoxy groups -OCH3 is 3. The molecule has 1 heterocycles. The summed E-state index contributed by atoms with van der Waals surface area (Å²) in [6.45, 7) is 8.16. The van der Waals surface area contributed by atoms with Gasteiger partial charge in [-0.25, -0.2) is 4.98 Å². The molecule has 1 aliphatic rings. The average molecular weight is 451 g/mol. The Morgan fingerprint density at radius 3 is 2.24 bits per heavy atom. The molecule has 0 unspecified atom stereocenters. The fourth-order valence-electron chi connectivity index (χ4n) is 4.59. The normalized spacial score (nSPS) is 12.4. The van der Waals surface area contributed by atoms with Gasteiger partial charge in [-0.2, -0.15) is 0 Å². The minimum Gasteiger partial charge on any atom is -0.493 e. The summed E-state index contributed by atoms with van der Waals surface area (Å²) in [6, 6.07) is 10.3. The lowest BCUT2D eigenvalue weighted by Gasteiger charge is -2.23. The SMILES string of the molecule is CCN(CC)CCCOc1c(OC)ccc2nc3c(cc12)CCc1cc(OC)c(OC)cc1-3. The van der Waals surface area contributed by atoms with Crippen LogP contribution in [0.5, 0.6) is 23.0 Å². The van der Waals surface area contributed by atoms with Crippen LogP contribution in [0.2, 0.25) is 0 Å². The van der Waals surface area contributed by atoms with E-state index in [-0.39, 0.29) is 0 Å². The van der Waals surface area contributed by atoms with E-state index in [4.69, 9.17) is 23.9 Å². The molecule has 33 heavy (non-hydrogen) atoms. The summed E-state index contributed by atoms with van der Waals surface area (Å²) in [5.74, 6) is 3.00. The molecule has 0 saturated heterocycles. The van der Waals surface area contributed by atoms with Gasteiger partial charge in [-0.3, -0.25) is 0 Å². The lowest BCUT2D eigenvalue weighted by Crippen LogP contribution is -2.25. The van der Waals surface area contributed by atoms with Gasteiger partial charge in [0.2, 0.25) is 0 Å². The van der Waals surface area contributed by atoms with Crippen LogP contribution in [-0.4, -0.2) is 57.5 Å². The minimum atomic E-state index is 0.642. The van der Waals surface area contributed by atoms with Crippen molar-refractivity contribution in [2.75, 3.05) is 47.6 Å². The summed E-state index contributed by atoms with van der Waals surface area (Å²) in [6.07, 6.45) is 2.81. The van der Waals surface area contributed by atoms with E-state index in [1.54, 1.807) is 21.3 Å². The van der Waals surface area contributed by atoms with Gasteiger partial charge in [0.1, 0.15) is 0 Å². The number of hydrogen-bond donors (Lipinski definition) is 0. The first-order chi connectivity index (χ1) is 16.1. The van der Waals surface area contributed by atoms with Crippen molar-refractivity contribution in [3.8, 4) is 34.3 Å². The van der Waals surface area contributed by atoms with Gasteiger partial charge in [-0.15, -0.1) is 0 Å². The zero-order valence-electron chi connectivity index (χ0n) is 20.4. The number of benzene rings is 2. The third-order valence-electron chi connectivity index (χ3n) is 6.50. The summed E-state index contributed by atoms with van der Waals surface area (Å²) in [4.78, 5) is 7.47. The van der Waals surface area contributed by atoms with Crippen LogP contribution < -0.4 is 18.9 Å². The molecular formula is C27H34N2O4. The number of fused-ring (bicyclic) bond motifs is 4. The van der Waals surface area contributed by atoms with Gasteiger partial charge in [0.25, 0.3) is 0 Å². The second kappa shape index (κ2) is 10.3. The van der Waals surface area contributed by atoms with Gasteiger partial charge in [0.05, 0.1) is 39.1 Å². The van der Waals surface area contributed by atoms with Crippen LogP contribution in [0, 0.1) is 0 Å². The van der Waals surface area contributed by atoms with Crippen LogP contribution in [-0.2, 0) is 12.8 Å². The Morgan fingerprint density at radius 2 is 1.55 bits per heavy atom. The van der Waals surface area contributed by atoms with E-state index in [0.29, 0.717) is 6.61 Å². The van der Waals surface area contributed by atoms with Crippen molar-refractivity contribution in [3.63, 3.8) is 0 Å². The van der Waals surface area contributed by atoms with Crippen LogP contribution >= 0.6 is 0 Å². The largest absolute Gasteiger partial charge is 0.493 e. The Labute approximate surface area is 196 Å². The first-order valence-electron chi connectivity index (χ1n) is 11.7. The standard InChI is InChI=1S/C27H34N2O4/c1-6-29(7-2)13-8-14-33-27-21-15-19-10-9-18-16-24(31-4)25(32-5)17-20(18)26(19)28-22(21)11-12-23(27)30-3/h11-12,15-17H,6-10,13-14H2,1-5H3. The zero-order valence-corrected chi connectivity index (χ0v) is 20.4. The van der Waals surface area contributed by atoms with Gasteiger partial charge >= 0.3 is 0 Å². The Kier molecular flexibility index (Phi) is 7.23. The van der Waals surface area contributed by atoms with E-state index < -0.39 is 0 Å². The molecule has 0 radical (unpaired) electrons. The van der Waals surface area contributed by atoms with Crippen molar-refractivity contribution >= 4 is 10.9 Å². The second-order valence-corrected chi connectivity index (χ2v) is 8.25. The lowest BCUT2D eigenvalue weighted by atomic mass is 9.87. The summed E-state index contributed by atoms with van der Waals surface area (Å²) in [5, 5.41) is 1.000. The Bertz CT molecular complexity index is 1130. The van der Waals surface area contributed by atoms with Crippen molar-refractivity contribution in [1.29, 1.82) is 0 Å². The molecule has 176 valence electrons. The molecule has 0 fully saturated rings. The van der Waals surface area contributed by atoms with Gasteiger partial charge in [-0.05, 0) is 73.8 Å². The first kappa shape index (κ1) is 23.2. The van der Waals surface area contributed by atoms with Crippen LogP contribution in [0.4, 0.5) is 0 Å². The summed E-state index contributed by atoms with van der Waals surface area (Å²) >= 11 is 0. The third-order valence-corrected chi connectivity index (χ3v) is 6.50. The average Bonchev–Trinajstić information content (AvgIpc) is 2.86. The number of ether oxygens (including phenoxy) is 4. The zero-order chi connectivity index (χ0) is 23.4. The maximum atomic E-state index is 6.28. The van der Waals surface area contributed by atoms with Crippen molar-refractivity contribution in [3.05, 3.63) is 41.5 Å². The second-order valence-electron chi connectivity index (χ2n) is 8.25. The van der Waals surface area contributed by atoms with Crippen molar-refractivity contribution < 1.29 is 18.9 Å². The molecular weight excluding hydrogens is 416 g/mol. The number of nitrogens with zero attached hydrogens (tertiary/aromatic N) is 2. The molecule has 0 aliphatic heterocycles. The molecule has 0 bridgehead atoms. The number of aromatic nitrogens is 1. The molecule has 0 atom stereocenters. The molecule has 0 saturated carbocycles. The van der Waals surface area contributed by atoms with E-state index >= 15 is 0 Å². The van der Waals surface area contributed by atoms with Crippen molar-refractivity contribution in [1.82, 2.24) is 9.88 Å². The molecule has 1 aliphatic carbocycles. The minimum absolute atomic E-state index is 0.642. The van der Waals surface area contributed by atoms with Gasteiger partial charge in [0.15, 0.2) is 23.0 Å². The van der Waals surface area contributed by atoms with Crippen molar-refractivity contribution in [2.45, 2.75) is 33.1 Å². The number of rotatable bonds is 10. The lowest BCUT2D eigenvalue weighted by molar-refractivity contribution is 0.244.